The average Bonchev–Trinajstić information content (AvgIpc) is 3.43. The number of ketones is 2. The number of aromatic nitrogens is 1. The van der Waals surface area contributed by atoms with Crippen molar-refractivity contribution in [1.82, 2.24) is 4.98 Å². The van der Waals surface area contributed by atoms with Gasteiger partial charge in [-0.05, 0) is 30.9 Å². The molecule has 1 aromatic heterocycles. The number of Topliss-reactive ketones (excluding diaryl/α,β-unsaturated/α-hetero) is 2. The summed E-state index contributed by atoms with van der Waals surface area (Å²) in [5.41, 5.74) is -3.35. The highest BCUT2D eigenvalue weighted by Gasteiger charge is 2.65. The molecule has 2 rings (SSSR count). The first-order chi connectivity index (χ1) is 16.2. The third-order valence-electron chi connectivity index (χ3n) is 6.85. The number of nitrogens with zero attached hydrogens (tertiary/aromatic N) is 1. The number of aryl methyl sites for hydroxylation is 1. The van der Waals surface area contributed by atoms with Crippen LogP contribution in [0.1, 0.15) is 103 Å². The van der Waals surface area contributed by atoms with Gasteiger partial charge in [-0.15, -0.1) is 0 Å². The molecule has 1 aliphatic rings. The molecular formula is C26H38N2O6. The number of carboxylic acids is 2. The van der Waals surface area contributed by atoms with Crippen molar-refractivity contribution in [1.29, 1.82) is 0 Å². The highest BCUT2D eigenvalue weighted by molar-refractivity contribution is 6.33. The number of carboxylic acid groups (broad SMARTS) is 2. The van der Waals surface area contributed by atoms with Crippen molar-refractivity contribution in [3.8, 4) is 0 Å². The largest absolute Gasteiger partial charge is 0.479 e. The number of hydrogen-bond donors (Lipinski definition) is 3. The van der Waals surface area contributed by atoms with E-state index in [9.17, 15) is 29.4 Å². The second-order valence-electron chi connectivity index (χ2n) is 9.21. The summed E-state index contributed by atoms with van der Waals surface area (Å²) in [6.07, 6.45) is 8.24. The van der Waals surface area contributed by atoms with Crippen LogP contribution in [-0.4, -0.2) is 50.0 Å². The molecule has 0 amide bonds. The quantitative estimate of drug-likeness (QED) is 0.234. The zero-order valence-corrected chi connectivity index (χ0v) is 20.6. The fourth-order valence-electron chi connectivity index (χ4n) is 4.79. The minimum atomic E-state index is -2.58. The molecule has 2 heterocycles. The van der Waals surface area contributed by atoms with Crippen LogP contribution < -0.4 is 0 Å². The molecule has 8 nitrogen and oxygen atoms in total. The van der Waals surface area contributed by atoms with E-state index in [0.29, 0.717) is 25.0 Å². The first-order valence-electron chi connectivity index (χ1n) is 12.5. The number of carbonyl (C=O) groups excluding carboxylic acids is 2. The van der Waals surface area contributed by atoms with Gasteiger partial charge in [0.25, 0.3) is 5.54 Å². The van der Waals surface area contributed by atoms with Gasteiger partial charge in [-0.2, -0.15) is 0 Å². The molecule has 0 aromatic carbocycles. The predicted octanol–water partition coefficient (Wildman–Crippen LogP) is 4.74. The summed E-state index contributed by atoms with van der Waals surface area (Å²) in [6.45, 7) is 6.00. The van der Waals surface area contributed by atoms with E-state index in [1.165, 1.54) is 0 Å². The lowest BCUT2D eigenvalue weighted by Crippen LogP contribution is -2.50. The highest BCUT2D eigenvalue weighted by Crippen LogP contribution is 2.46. The molecule has 0 fully saturated rings. The van der Waals surface area contributed by atoms with E-state index in [2.05, 4.69) is 23.8 Å². The Morgan fingerprint density at radius 1 is 0.882 bits per heavy atom. The zero-order chi connectivity index (χ0) is 25.4. The van der Waals surface area contributed by atoms with E-state index in [-0.39, 0.29) is 18.6 Å². The maximum absolute atomic E-state index is 13.8. The lowest BCUT2D eigenvalue weighted by atomic mass is 9.67. The molecule has 0 atom stereocenters. The molecule has 0 aliphatic carbocycles. The average molecular weight is 475 g/mol. The van der Waals surface area contributed by atoms with E-state index in [1.54, 1.807) is 12.3 Å². The van der Waals surface area contributed by atoms with E-state index in [4.69, 9.17) is 0 Å². The second kappa shape index (κ2) is 12.1. The van der Waals surface area contributed by atoms with Crippen molar-refractivity contribution in [2.45, 2.75) is 103 Å². The van der Waals surface area contributed by atoms with Gasteiger partial charge in [0, 0.05) is 25.5 Å². The number of nitrogens with one attached hydrogen (secondary N) is 1. The van der Waals surface area contributed by atoms with Crippen LogP contribution in [0.15, 0.2) is 17.3 Å². The van der Waals surface area contributed by atoms with Crippen LogP contribution in [0.5, 0.6) is 0 Å². The highest BCUT2D eigenvalue weighted by atomic mass is 16.4. The Morgan fingerprint density at radius 2 is 1.41 bits per heavy atom. The summed E-state index contributed by atoms with van der Waals surface area (Å²) in [4.78, 5) is 59.3. The van der Waals surface area contributed by atoms with E-state index < -0.39 is 40.9 Å². The Labute approximate surface area is 201 Å². The molecule has 0 saturated heterocycles. The maximum atomic E-state index is 13.8. The monoisotopic (exact) mass is 474 g/mol. The van der Waals surface area contributed by atoms with Crippen molar-refractivity contribution in [2.75, 3.05) is 0 Å². The lowest BCUT2D eigenvalue weighted by Gasteiger charge is -2.30. The van der Waals surface area contributed by atoms with Gasteiger partial charge >= 0.3 is 11.9 Å². The third-order valence-corrected chi connectivity index (χ3v) is 6.85. The number of carbonyl (C=O) groups is 4. The number of aromatic amines is 1. The van der Waals surface area contributed by atoms with Crippen molar-refractivity contribution in [3.63, 3.8) is 0 Å². The second-order valence-corrected chi connectivity index (χ2v) is 9.21. The van der Waals surface area contributed by atoms with Crippen molar-refractivity contribution >= 4 is 29.2 Å². The van der Waals surface area contributed by atoms with Gasteiger partial charge in [0.05, 0.1) is 11.4 Å². The van der Waals surface area contributed by atoms with Gasteiger partial charge in [0.1, 0.15) is 5.41 Å². The maximum Gasteiger partial charge on any atom is 0.343 e. The van der Waals surface area contributed by atoms with Crippen LogP contribution >= 0.6 is 0 Å². The molecule has 34 heavy (non-hydrogen) atoms. The predicted molar refractivity (Wildman–Crippen MR) is 129 cm³/mol. The number of aliphatic carboxylic acids is 2. The Kier molecular flexibility index (Phi) is 9.77. The summed E-state index contributed by atoms with van der Waals surface area (Å²) < 4.78 is 0. The summed E-state index contributed by atoms with van der Waals surface area (Å²) in [5.74, 6) is -4.18. The molecule has 3 N–H and O–H groups in total. The number of hydrogen-bond acceptors (Lipinski definition) is 5. The Hall–Kier alpha value is -2.77. The van der Waals surface area contributed by atoms with Crippen LogP contribution in [0.2, 0.25) is 0 Å². The van der Waals surface area contributed by atoms with Crippen LogP contribution in [0.4, 0.5) is 0 Å². The summed E-state index contributed by atoms with van der Waals surface area (Å²) in [6, 6.07) is 1.78. The Morgan fingerprint density at radius 3 is 1.85 bits per heavy atom. The summed E-state index contributed by atoms with van der Waals surface area (Å²) in [7, 11) is 0. The normalized spacial score (nSPS) is 16.3. The minimum Gasteiger partial charge on any atom is -0.479 e. The first-order valence-corrected chi connectivity index (χ1v) is 12.5. The molecular weight excluding hydrogens is 436 g/mol. The minimum absolute atomic E-state index is 0.0277. The van der Waals surface area contributed by atoms with Crippen LogP contribution in [0, 0.1) is 5.41 Å². The molecule has 0 spiro atoms. The van der Waals surface area contributed by atoms with Crippen molar-refractivity contribution in [2.24, 2.45) is 10.4 Å². The topological polar surface area (TPSA) is 137 Å². The zero-order valence-electron chi connectivity index (χ0n) is 20.6. The van der Waals surface area contributed by atoms with Crippen molar-refractivity contribution in [3.05, 3.63) is 23.5 Å². The lowest BCUT2D eigenvalue weighted by molar-refractivity contribution is -0.157. The molecule has 1 aliphatic heterocycles. The molecule has 8 heteroatoms. The Balaban J connectivity index is 2.64. The molecule has 1 aromatic rings. The van der Waals surface area contributed by atoms with Gasteiger partial charge in [-0.25, -0.2) is 9.59 Å². The van der Waals surface area contributed by atoms with Gasteiger partial charge in [0.15, 0.2) is 11.6 Å². The van der Waals surface area contributed by atoms with Gasteiger partial charge < -0.3 is 15.2 Å². The number of rotatable bonds is 16. The van der Waals surface area contributed by atoms with E-state index in [0.717, 1.165) is 44.1 Å². The molecule has 0 unspecified atom stereocenters. The van der Waals surface area contributed by atoms with Crippen LogP contribution in [-0.2, 0) is 25.6 Å². The van der Waals surface area contributed by atoms with Gasteiger partial charge in [-0.3, -0.25) is 14.6 Å². The fraction of sp³-hybridized carbons (Fsp3) is 0.654. The number of unbranched alkanes of at least 4 members (excludes halogenated alkanes) is 6. The molecule has 188 valence electrons. The fourth-order valence-corrected chi connectivity index (χ4v) is 4.79. The molecule has 0 radical (unpaired) electrons. The van der Waals surface area contributed by atoms with Crippen molar-refractivity contribution < 1.29 is 29.4 Å². The summed E-state index contributed by atoms with van der Waals surface area (Å²) >= 11 is 0. The van der Waals surface area contributed by atoms with Gasteiger partial charge in [0.2, 0.25) is 0 Å². The number of aliphatic imine (C=N–C) groups is 1. The first kappa shape index (κ1) is 27.5. The van der Waals surface area contributed by atoms with Gasteiger partial charge in [-0.1, -0.05) is 59.3 Å². The smallest absolute Gasteiger partial charge is 0.343 e. The molecule has 0 bridgehead atoms. The van der Waals surface area contributed by atoms with Crippen LogP contribution in [0.25, 0.3) is 0 Å². The standard InChI is InChI=1S/C26H38N2O6/c1-4-7-9-11-13-19(29)25(20(30)14-12-10-8-5-2)17-26(23(31)32,24(33)34)28-22(25)21-18(6-3)15-16-27-21/h15-16,27H,4-14,17H2,1-3H3,(H,31,32)(H,33,34). The van der Waals surface area contributed by atoms with E-state index >= 15 is 0 Å². The third kappa shape index (κ3) is 5.31. The Bertz CT molecular complexity index is 891. The number of H-pyrrole nitrogens is 1. The molecule has 0 saturated carbocycles. The van der Waals surface area contributed by atoms with Crippen LogP contribution in [0.3, 0.4) is 0 Å². The van der Waals surface area contributed by atoms with E-state index in [1.807, 2.05) is 6.92 Å². The summed E-state index contributed by atoms with van der Waals surface area (Å²) in [5, 5.41) is 19.9. The SMILES string of the molecule is CCCCCCC(=O)C1(C(=O)CCCCCC)CC(C(=O)O)(C(=O)O)N=C1c1[nH]ccc1CC.